The van der Waals surface area contributed by atoms with E-state index in [1.165, 1.54) is 10.1 Å². The third kappa shape index (κ3) is 3.53. The molecule has 3 rings (SSSR count). The van der Waals surface area contributed by atoms with Crippen LogP contribution in [0.2, 0.25) is 0 Å². The molecule has 6 heteroatoms. The molecule has 0 fully saturated rings. The van der Waals surface area contributed by atoms with Gasteiger partial charge in [0.2, 0.25) is 5.88 Å². The quantitative estimate of drug-likeness (QED) is 0.797. The SMILES string of the molecule is COc1ncc(-c2c(C)noc2C)cc1NCC1=CC=C(Br)CC1. The minimum atomic E-state index is 0.582. The van der Waals surface area contributed by atoms with Gasteiger partial charge < -0.3 is 14.6 Å². The second kappa shape index (κ2) is 7.21. The van der Waals surface area contributed by atoms with Crippen LogP contribution in [0.25, 0.3) is 11.1 Å². The summed E-state index contributed by atoms with van der Waals surface area (Å²) in [6, 6.07) is 2.04. The lowest BCUT2D eigenvalue weighted by atomic mass is 10.0. The molecule has 2 aromatic heterocycles. The average molecular weight is 390 g/mol. The minimum absolute atomic E-state index is 0.582. The molecular formula is C18H20BrN3O2. The Morgan fingerprint density at radius 3 is 2.75 bits per heavy atom. The van der Waals surface area contributed by atoms with Crippen molar-refractivity contribution in [3.63, 3.8) is 0 Å². The van der Waals surface area contributed by atoms with Gasteiger partial charge in [0.1, 0.15) is 5.76 Å². The lowest BCUT2D eigenvalue weighted by Crippen LogP contribution is -2.08. The first-order chi connectivity index (χ1) is 11.6. The van der Waals surface area contributed by atoms with Gasteiger partial charge in [-0.1, -0.05) is 38.8 Å². The fourth-order valence-electron chi connectivity index (χ4n) is 2.78. The number of ether oxygens (including phenoxy) is 1. The van der Waals surface area contributed by atoms with Crippen LogP contribution in [-0.2, 0) is 0 Å². The van der Waals surface area contributed by atoms with Crippen molar-refractivity contribution in [2.24, 2.45) is 0 Å². The Kier molecular flexibility index (Phi) is 5.04. The zero-order valence-electron chi connectivity index (χ0n) is 14.0. The number of halogens is 1. The monoisotopic (exact) mass is 389 g/mol. The number of hydrogen-bond donors (Lipinski definition) is 1. The molecule has 0 bridgehead atoms. The van der Waals surface area contributed by atoms with E-state index in [1.807, 2.05) is 19.9 Å². The van der Waals surface area contributed by atoms with Crippen LogP contribution in [0, 0.1) is 13.8 Å². The molecule has 2 heterocycles. The second-order valence-corrected chi connectivity index (χ2v) is 6.79. The van der Waals surface area contributed by atoms with Gasteiger partial charge in [0.25, 0.3) is 0 Å². The maximum Gasteiger partial charge on any atom is 0.237 e. The number of methoxy groups -OCH3 is 1. The Labute approximate surface area is 149 Å². The van der Waals surface area contributed by atoms with E-state index >= 15 is 0 Å². The van der Waals surface area contributed by atoms with E-state index in [0.29, 0.717) is 5.88 Å². The molecule has 0 spiro atoms. The van der Waals surface area contributed by atoms with Gasteiger partial charge in [0.05, 0.1) is 18.5 Å². The predicted octanol–water partition coefficient (Wildman–Crippen LogP) is 4.77. The van der Waals surface area contributed by atoms with Gasteiger partial charge in [-0.3, -0.25) is 0 Å². The van der Waals surface area contributed by atoms with Gasteiger partial charge >= 0.3 is 0 Å². The van der Waals surface area contributed by atoms with Crippen LogP contribution in [0.5, 0.6) is 5.88 Å². The van der Waals surface area contributed by atoms with E-state index in [0.717, 1.165) is 47.7 Å². The number of anilines is 1. The Morgan fingerprint density at radius 1 is 1.29 bits per heavy atom. The summed E-state index contributed by atoms with van der Waals surface area (Å²) < 4.78 is 11.9. The van der Waals surface area contributed by atoms with E-state index in [9.17, 15) is 0 Å². The summed E-state index contributed by atoms with van der Waals surface area (Å²) in [6.07, 6.45) is 8.14. The van der Waals surface area contributed by atoms with E-state index in [-0.39, 0.29) is 0 Å². The first kappa shape index (κ1) is 16.8. The number of allylic oxidation sites excluding steroid dienone is 3. The minimum Gasteiger partial charge on any atom is -0.480 e. The van der Waals surface area contributed by atoms with Crippen LogP contribution in [0.1, 0.15) is 24.3 Å². The highest BCUT2D eigenvalue weighted by molar-refractivity contribution is 9.11. The van der Waals surface area contributed by atoms with Crippen molar-refractivity contribution in [2.75, 3.05) is 19.0 Å². The van der Waals surface area contributed by atoms with Gasteiger partial charge in [-0.15, -0.1) is 0 Å². The lowest BCUT2D eigenvalue weighted by Gasteiger charge is -2.15. The molecule has 0 atom stereocenters. The lowest BCUT2D eigenvalue weighted by molar-refractivity contribution is 0.393. The number of nitrogens with zero attached hydrogens (tertiary/aromatic N) is 2. The fraction of sp³-hybridized carbons (Fsp3) is 0.333. The number of aromatic nitrogens is 2. The Balaban J connectivity index is 1.85. The van der Waals surface area contributed by atoms with E-state index in [1.54, 1.807) is 13.3 Å². The summed E-state index contributed by atoms with van der Waals surface area (Å²) >= 11 is 3.53. The molecule has 0 saturated carbocycles. The summed E-state index contributed by atoms with van der Waals surface area (Å²) in [4.78, 5) is 4.42. The van der Waals surface area contributed by atoms with E-state index in [4.69, 9.17) is 9.26 Å². The summed E-state index contributed by atoms with van der Waals surface area (Å²) in [5.74, 6) is 1.37. The summed E-state index contributed by atoms with van der Waals surface area (Å²) in [5, 5.41) is 7.46. The molecule has 0 radical (unpaired) electrons. The molecule has 1 aliphatic carbocycles. The van der Waals surface area contributed by atoms with Gasteiger partial charge in [-0.2, -0.15) is 0 Å². The number of rotatable bonds is 5. The Bertz CT molecular complexity index is 789. The molecule has 0 aliphatic heterocycles. The van der Waals surface area contributed by atoms with Crippen molar-refractivity contribution in [1.29, 1.82) is 0 Å². The molecule has 24 heavy (non-hydrogen) atoms. The average Bonchev–Trinajstić information content (AvgIpc) is 2.93. The van der Waals surface area contributed by atoms with Crippen LogP contribution < -0.4 is 10.1 Å². The van der Waals surface area contributed by atoms with Crippen molar-refractivity contribution in [1.82, 2.24) is 10.1 Å². The van der Waals surface area contributed by atoms with Crippen LogP contribution >= 0.6 is 15.9 Å². The normalized spacial score (nSPS) is 14.2. The summed E-state index contributed by atoms with van der Waals surface area (Å²) in [6.45, 7) is 4.60. The fourth-order valence-corrected chi connectivity index (χ4v) is 3.11. The van der Waals surface area contributed by atoms with Crippen molar-refractivity contribution in [3.05, 3.63) is 45.9 Å². The molecule has 0 saturated heterocycles. The predicted molar refractivity (Wildman–Crippen MR) is 98.6 cm³/mol. The van der Waals surface area contributed by atoms with E-state index < -0.39 is 0 Å². The molecule has 126 valence electrons. The molecule has 1 aliphatic rings. The standard InChI is InChI=1S/C18H20BrN3O2/c1-11-17(12(2)24-22-11)14-8-16(18(23-3)21-10-14)20-9-13-4-6-15(19)7-5-13/h4,6,8,10,20H,5,7,9H2,1-3H3. The third-order valence-corrected chi connectivity index (χ3v) is 4.72. The number of pyridine rings is 1. The number of aryl methyl sites for hydroxylation is 2. The van der Waals surface area contributed by atoms with Crippen LogP contribution in [0.3, 0.4) is 0 Å². The van der Waals surface area contributed by atoms with Crippen molar-refractivity contribution in [2.45, 2.75) is 26.7 Å². The summed E-state index contributed by atoms with van der Waals surface area (Å²) in [7, 11) is 1.63. The first-order valence-electron chi connectivity index (χ1n) is 7.83. The molecule has 0 unspecified atom stereocenters. The molecule has 0 amide bonds. The van der Waals surface area contributed by atoms with Crippen molar-refractivity contribution >= 4 is 21.6 Å². The van der Waals surface area contributed by atoms with Gasteiger partial charge in [-0.25, -0.2) is 4.98 Å². The smallest absolute Gasteiger partial charge is 0.237 e. The maximum atomic E-state index is 5.38. The molecule has 2 aromatic rings. The highest BCUT2D eigenvalue weighted by Crippen LogP contribution is 2.32. The zero-order valence-corrected chi connectivity index (χ0v) is 15.6. The van der Waals surface area contributed by atoms with Crippen LogP contribution in [0.4, 0.5) is 5.69 Å². The number of hydrogen-bond acceptors (Lipinski definition) is 5. The van der Waals surface area contributed by atoms with Gasteiger partial charge in [-0.05, 0) is 37.2 Å². The Morgan fingerprint density at radius 2 is 2.12 bits per heavy atom. The molecule has 0 aromatic carbocycles. The van der Waals surface area contributed by atoms with Gasteiger partial charge in [0.15, 0.2) is 0 Å². The Hall–Kier alpha value is -2.08. The van der Waals surface area contributed by atoms with Crippen molar-refractivity contribution < 1.29 is 9.26 Å². The van der Waals surface area contributed by atoms with Crippen LogP contribution in [-0.4, -0.2) is 23.8 Å². The maximum absolute atomic E-state index is 5.38. The highest BCUT2D eigenvalue weighted by atomic mass is 79.9. The molecule has 1 N–H and O–H groups in total. The van der Waals surface area contributed by atoms with Gasteiger partial charge in [0, 0.05) is 23.9 Å². The molecular weight excluding hydrogens is 370 g/mol. The topological polar surface area (TPSA) is 60.2 Å². The molecule has 5 nitrogen and oxygen atoms in total. The third-order valence-electron chi connectivity index (χ3n) is 4.06. The summed E-state index contributed by atoms with van der Waals surface area (Å²) in [5.41, 5.74) is 5.02. The van der Waals surface area contributed by atoms with E-state index in [2.05, 4.69) is 43.5 Å². The van der Waals surface area contributed by atoms with Crippen LogP contribution in [0.15, 0.2) is 39.0 Å². The highest BCUT2D eigenvalue weighted by Gasteiger charge is 2.15. The van der Waals surface area contributed by atoms with Crippen molar-refractivity contribution in [3.8, 4) is 17.0 Å². The largest absolute Gasteiger partial charge is 0.480 e. The zero-order chi connectivity index (χ0) is 17.1. The second-order valence-electron chi connectivity index (χ2n) is 5.77. The first-order valence-corrected chi connectivity index (χ1v) is 8.63. The number of nitrogens with one attached hydrogen (secondary N) is 1.